The van der Waals surface area contributed by atoms with Crippen molar-refractivity contribution in [2.75, 3.05) is 0 Å². The van der Waals surface area contributed by atoms with Gasteiger partial charge in [0.05, 0.1) is 0 Å². The van der Waals surface area contributed by atoms with Crippen molar-refractivity contribution in [1.82, 2.24) is 0 Å². The molecule has 3 atom stereocenters. The van der Waals surface area contributed by atoms with Crippen LogP contribution in [-0.4, -0.2) is 0 Å². The van der Waals surface area contributed by atoms with Crippen LogP contribution in [0.4, 0.5) is 0 Å². The molecule has 0 radical (unpaired) electrons. The molecule has 0 aromatic heterocycles. The van der Waals surface area contributed by atoms with Gasteiger partial charge in [0.2, 0.25) is 0 Å². The predicted octanol–water partition coefficient (Wildman–Crippen LogP) is 5.85. The van der Waals surface area contributed by atoms with E-state index in [1.165, 1.54) is 19.3 Å². The average Bonchev–Trinajstić information content (AvgIpc) is 2.71. The van der Waals surface area contributed by atoms with Crippen LogP contribution < -0.4 is 0 Å². The van der Waals surface area contributed by atoms with Crippen molar-refractivity contribution in [3.63, 3.8) is 0 Å². The monoisotopic (exact) mass is 224 g/mol. The molecule has 1 aliphatic rings. The molecule has 96 valence electrons. The quantitative estimate of drug-likeness (QED) is 0.527. The van der Waals surface area contributed by atoms with Gasteiger partial charge in [0.1, 0.15) is 0 Å². The minimum absolute atomic E-state index is 0.722. The maximum Gasteiger partial charge on any atom is -0.0202 e. The minimum Gasteiger partial charge on any atom is -0.103 e. The molecule has 0 fully saturated rings. The van der Waals surface area contributed by atoms with Crippen LogP contribution in [0.1, 0.15) is 60.8 Å². The number of hydrogen-bond acceptors (Lipinski definition) is 0. The van der Waals surface area contributed by atoms with E-state index in [0.717, 1.165) is 17.8 Å². The second-order valence-electron chi connectivity index (χ2n) is 4.20. The molecule has 0 heterocycles. The average molecular weight is 224 g/mol. The van der Waals surface area contributed by atoms with Crippen molar-refractivity contribution in [2.45, 2.75) is 60.8 Å². The Morgan fingerprint density at radius 3 is 2.06 bits per heavy atom. The van der Waals surface area contributed by atoms with Crippen LogP contribution >= 0.6 is 0 Å². The van der Waals surface area contributed by atoms with Gasteiger partial charge in [-0.2, -0.15) is 0 Å². The summed E-state index contributed by atoms with van der Waals surface area (Å²) in [6.45, 7) is 16.7. The molecule has 0 N–H and O–H groups in total. The van der Waals surface area contributed by atoms with Crippen molar-refractivity contribution < 1.29 is 0 Å². The van der Waals surface area contributed by atoms with E-state index in [9.17, 15) is 0 Å². The molecule has 1 rings (SSSR count). The van der Waals surface area contributed by atoms with Crippen molar-refractivity contribution in [1.29, 1.82) is 0 Å². The molecule has 0 saturated heterocycles. The molecule has 0 spiro atoms. The highest BCUT2D eigenvalue weighted by atomic mass is 14.3. The molecule has 0 aromatic carbocycles. The topological polar surface area (TPSA) is 0 Å². The fraction of sp³-hybridized carbons (Fsp3) is 0.750. The molecule has 0 aliphatic heterocycles. The van der Waals surface area contributed by atoms with Crippen LogP contribution in [0.3, 0.4) is 0 Å². The molecule has 0 heteroatoms. The van der Waals surface area contributed by atoms with E-state index in [0.29, 0.717) is 0 Å². The standard InChI is InChI=1S/C11H18.C3H8.C2H6/c1-4-10(5-2)11-8-6-7-9(11)3;1-3-2;1-2/h4,6-7,9-11H,1,5,8H2,2-3H3;3H2,1-2H3;1-2H3. The summed E-state index contributed by atoms with van der Waals surface area (Å²) in [6, 6.07) is 0. The van der Waals surface area contributed by atoms with Gasteiger partial charge >= 0.3 is 0 Å². The third-order valence-corrected chi connectivity index (χ3v) is 2.85. The molecule has 3 unspecified atom stereocenters. The zero-order chi connectivity index (χ0) is 13.0. The van der Waals surface area contributed by atoms with E-state index in [1.54, 1.807) is 0 Å². The second kappa shape index (κ2) is 12.5. The summed E-state index contributed by atoms with van der Waals surface area (Å²) in [4.78, 5) is 0. The summed E-state index contributed by atoms with van der Waals surface area (Å²) in [5.74, 6) is 2.32. The van der Waals surface area contributed by atoms with Crippen LogP contribution in [-0.2, 0) is 0 Å². The first-order valence-electron chi connectivity index (χ1n) is 7.00. The van der Waals surface area contributed by atoms with Gasteiger partial charge in [-0.05, 0) is 30.6 Å². The number of rotatable bonds is 3. The third kappa shape index (κ3) is 6.87. The number of allylic oxidation sites excluding steroid dienone is 3. The van der Waals surface area contributed by atoms with Gasteiger partial charge in [0.25, 0.3) is 0 Å². The summed E-state index contributed by atoms with van der Waals surface area (Å²) in [6.07, 6.45) is 10.5. The van der Waals surface area contributed by atoms with Crippen LogP contribution in [0.2, 0.25) is 0 Å². The lowest BCUT2D eigenvalue weighted by Crippen LogP contribution is -2.14. The zero-order valence-corrected chi connectivity index (χ0v) is 12.3. The highest BCUT2D eigenvalue weighted by molar-refractivity contribution is 5.03. The lowest BCUT2D eigenvalue weighted by molar-refractivity contribution is 0.336. The van der Waals surface area contributed by atoms with Gasteiger partial charge in [0, 0.05) is 0 Å². The second-order valence-corrected chi connectivity index (χ2v) is 4.20. The van der Waals surface area contributed by atoms with Gasteiger partial charge in [-0.3, -0.25) is 0 Å². The first-order valence-corrected chi connectivity index (χ1v) is 7.00. The molecular weight excluding hydrogens is 192 g/mol. The maximum atomic E-state index is 3.88. The molecule has 1 aliphatic carbocycles. The van der Waals surface area contributed by atoms with E-state index in [4.69, 9.17) is 0 Å². The van der Waals surface area contributed by atoms with Crippen molar-refractivity contribution >= 4 is 0 Å². The van der Waals surface area contributed by atoms with Gasteiger partial charge in [0.15, 0.2) is 0 Å². The molecule has 0 saturated carbocycles. The zero-order valence-electron chi connectivity index (χ0n) is 12.3. The first kappa shape index (κ1) is 17.9. The lowest BCUT2D eigenvalue weighted by atomic mass is 9.83. The molecule has 0 amide bonds. The van der Waals surface area contributed by atoms with E-state index in [1.807, 2.05) is 13.8 Å². The maximum absolute atomic E-state index is 3.88. The Morgan fingerprint density at radius 1 is 1.31 bits per heavy atom. The van der Waals surface area contributed by atoms with E-state index >= 15 is 0 Å². The Bertz CT molecular complexity index is 167. The fourth-order valence-corrected chi connectivity index (χ4v) is 2.02. The van der Waals surface area contributed by atoms with Crippen molar-refractivity contribution in [2.24, 2.45) is 17.8 Å². The van der Waals surface area contributed by atoms with Gasteiger partial charge in [-0.25, -0.2) is 0 Å². The van der Waals surface area contributed by atoms with Gasteiger partial charge in [-0.15, -0.1) is 6.58 Å². The molecule has 16 heavy (non-hydrogen) atoms. The fourth-order valence-electron chi connectivity index (χ4n) is 2.02. The Kier molecular flexibility index (Phi) is 14.0. The molecule has 0 aromatic rings. The van der Waals surface area contributed by atoms with E-state index in [2.05, 4.69) is 52.5 Å². The van der Waals surface area contributed by atoms with Gasteiger partial charge < -0.3 is 0 Å². The number of hydrogen-bond donors (Lipinski definition) is 0. The SMILES string of the molecule is C=CC(CC)C1CC=CC1C.CC.CCC. The van der Waals surface area contributed by atoms with E-state index in [-0.39, 0.29) is 0 Å². The Labute approximate surface area is 104 Å². The minimum atomic E-state index is 0.722. The lowest BCUT2D eigenvalue weighted by Gasteiger charge is -2.22. The molecule has 0 bridgehead atoms. The van der Waals surface area contributed by atoms with Crippen LogP contribution in [0.15, 0.2) is 24.8 Å². The Hall–Kier alpha value is -0.520. The van der Waals surface area contributed by atoms with Crippen LogP contribution in [0.5, 0.6) is 0 Å². The van der Waals surface area contributed by atoms with Crippen LogP contribution in [0.25, 0.3) is 0 Å². The van der Waals surface area contributed by atoms with Crippen molar-refractivity contribution in [3.8, 4) is 0 Å². The molecule has 0 nitrogen and oxygen atoms in total. The first-order chi connectivity index (χ1) is 7.71. The molecular formula is C16H32. The van der Waals surface area contributed by atoms with Crippen LogP contribution in [0, 0.1) is 17.8 Å². The highest BCUT2D eigenvalue weighted by Gasteiger charge is 2.23. The summed E-state index contributed by atoms with van der Waals surface area (Å²) in [7, 11) is 0. The Balaban J connectivity index is 0. The summed E-state index contributed by atoms with van der Waals surface area (Å²) >= 11 is 0. The van der Waals surface area contributed by atoms with Gasteiger partial charge in [-0.1, -0.05) is 66.2 Å². The summed E-state index contributed by atoms with van der Waals surface area (Å²) in [5, 5.41) is 0. The third-order valence-electron chi connectivity index (χ3n) is 2.85. The Morgan fingerprint density at radius 2 is 1.81 bits per heavy atom. The summed E-state index contributed by atoms with van der Waals surface area (Å²) < 4.78 is 0. The smallest absolute Gasteiger partial charge is 0.0202 e. The normalized spacial score (nSPS) is 23.6. The highest BCUT2D eigenvalue weighted by Crippen LogP contribution is 2.33. The predicted molar refractivity (Wildman–Crippen MR) is 77.7 cm³/mol. The largest absolute Gasteiger partial charge is 0.103 e. The van der Waals surface area contributed by atoms with Crippen molar-refractivity contribution in [3.05, 3.63) is 24.8 Å². The van der Waals surface area contributed by atoms with E-state index < -0.39 is 0 Å². The summed E-state index contributed by atoms with van der Waals surface area (Å²) in [5.41, 5.74) is 0.